The zero-order valence-electron chi connectivity index (χ0n) is 6.10. The highest BCUT2D eigenvalue weighted by atomic mass is 16.8. The minimum absolute atomic E-state index is 0.112. The number of anilines is 1. The van der Waals surface area contributed by atoms with E-state index in [9.17, 15) is 0 Å². The quantitative estimate of drug-likeness (QED) is 0.613. The molecule has 5 nitrogen and oxygen atoms in total. The first-order chi connectivity index (χ1) is 5.24. The molecule has 0 aromatic carbocycles. The van der Waals surface area contributed by atoms with Crippen molar-refractivity contribution >= 4 is 5.95 Å². The minimum Gasteiger partial charge on any atom is -0.261 e. The van der Waals surface area contributed by atoms with Gasteiger partial charge in [-0.25, -0.2) is 9.97 Å². The SMILES string of the molecule is CCc1cnc(N(O)O)nc1. The van der Waals surface area contributed by atoms with Gasteiger partial charge in [0.1, 0.15) is 0 Å². The van der Waals surface area contributed by atoms with E-state index in [1.165, 1.54) is 0 Å². The number of hydrogen-bond acceptors (Lipinski definition) is 5. The maximum atomic E-state index is 8.45. The van der Waals surface area contributed by atoms with Gasteiger partial charge in [-0.2, -0.15) is 0 Å². The highest BCUT2D eigenvalue weighted by Crippen LogP contribution is 2.02. The molecule has 0 amide bonds. The largest absolute Gasteiger partial charge is 0.277 e. The van der Waals surface area contributed by atoms with Crippen molar-refractivity contribution in [2.24, 2.45) is 0 Å². The zero-order chi connectivity index (χ0) is 8.27. The second kappa shape index (κ2) is 3.27. The molecule has 0 aliphatic heterocycles. The van der Waals surface area contributed by atoms with Crippen LogP contribution >= 0.6 is 0 Å². The van der Waals surface area contributed by atoms with E-state index in [4.69, 9.17) is 10.4 Å². The molecule has 1 aromatic rings. The van der Waals surface area contributed by atoms with Gasteiger partial charge in [0.05, 0.1) is 0 Å². The Morgan fingerprint density at radius 2 is 1.91 bits per heavy atom. The molecule has 2 N–H and O–H groups in total. The molecule has 0 spiro atoms. The average Bonchev–Trinajstić information content (AvgIpc) is 2.05. The lowest BCUT2D eigenvalue weighted by Gasteiger charge is -2.04. The van der Waals surface area contributed by atoms with Crippen LogP contribution in [-0.4, -0.2) is 20.4 Å². The monoisotopic (exact) mass is 155 g/mol. The number of aromatic nitrogens is 2. The smallest absolute Gasteiger partial charge is 0.261 e. The Balaban J connectivity index is 2.83. The van der Waals surface area contributed by atoms with E-state index in [2.05, 4.69) is 9.97 Å². The van der Waals surface area contributed by atoms with Crippen molar-refractivity contribution in [2.45, 2.75) is 13.3 Å². The number of hydrogen-bond donors (Lipinski definition) is 2. The Morgan fingerprint density at radius 3 is 2.27 bits per heavy atom. The first kappa shape index (κ1) is 7.90. The molecule has 1 rings (SSSR count). The fourth-order valence-corrected chi connectivity index (χ4v) is 0.634. The van der Waals surface area contributed by atoms with Crippen LogP contribution < -0.4 is 5.23 Å². The summed E-state index contributed by atoms with van der Waals surface area (Å²) in [4.78, 5) is 7.33. The van der Waals surface area contributed by atoms with Crippen molar-refractivity contribution in [1.29, 1.82) is 0 Å². The number of rotatable bonds is 2. The molecule has 0 aliphatic carbocycles. The third kappa shape index (κ3) is 1.86. The fourth-order valence-electron chi connectivity index (χ4n) is 0.634. The third-order valence-corrected chi connectivity index (χ3v) is 1.28. The summed E-state index contributed by atoms with van der Waals surface area (Å²) in [6.45, 7) is 1.97. The molecule has 0 radical (unpaired) electrons. The van der Waals surface area contributed by atoms with E-state index in [0.29, 0.717) is 0 Å². The van der Waals surface area contributed by atoms with Crippen molar-refractivity contribution in [1.82, 2.24) is 9.97 Å². The normalized spacial score (nSPS) is 9.73. The van der Waals surface area contributed by atoms with Crippen molar-refractivity contribution in [3.8, 4) is 0 Å². The van der Waals surface area contributed by atoms with Gasteiger partial charge in [-0.15, -0.1) is 0 Å². The Labute approximate surface area is 63.9 Å². The van der Waals surface area contributed by atoms with E-state index < -0.39 is 0 Å². The van der Waals surface area contributed by atoms with Gasteiger partial charge >= 0.3 is 0 Å². The van der Waals surface area contributed by atoms with Crippen LogP contribution in [0.25, 0.3) is 0 Å². The highest BCUT2D eigenvalue weighted by molar-refractivity contribution is 5.21. The predicted octanol–water partition coefficient (Wildman–Crippen LogP) is 0.624. The Hall–Kier alpha value is -1.20. The van der Waals surface area contributed by atoms with E-state index in [0.717, 1.165) is 12.0 Å². The van der Waals surface area contributed by atoms with Crippen molar-refractivity contribution in [3.05, 3.63) is 18.0 Å². The molecule has 60 valence electrons. The number of nitrogens with zero attached hydrogens (tertiary/aromatic N) is 3. The fraction of sp³-hybridized carbons (Fsp3) is 0.333. The maximum Gasteiger partial charge on any atom is 0.277 e. The lowest BCUT2D eigenvalue weighted by molar-refractivity contribution is 0.0242. The first-order valence-electron chi connectivity index (χ1n) is 3.23. The zero-order valence-corrected chi connectivity index (χ0v) is 6.10. The van der Waals surface area contributed by atoms with Crippen LogP contribution in [0.2, 0.25) is 0 Å². The summed E-state index contributed by atoms with van der Waals surface area (Å²) < 4.78 is 0. The van der Waals surface area contributed by atoms with Gasteiger partial charge in [0, 0.05) is 12.4 Å². The summed E-state index contributed by atoms with van der Waals surface area (Å²) in [6, 6.07) is 0. The number of aryl methyl sites for hydroxylation is 1. The van der Waals surface area contributed by atoms with Crippen LogP contribution in [0.1, 0.15) is 12.5 Å². The van der Waals surface area contributed by atoms with Gasteiger partial charge in [0.2, 0.25) is 0 Å². The van der Waals surface area contributed by atoms with Gasteiger partial charge in [-0.3, -0.25) is 10.4 Å². The van der Waals surface area contributed by atoms with E-state index in [-0.39, 0.29) is 11.2 Å². The summed E-state index contributed by atoms with van der Waals surface area (Å²) in [7, 11) is 0. The summed E-state index contributed by atoms with van der Waals surface area (Å²) >= 11 is 0. The highest BCUT2D eigenvalue weighted by Gasteiger charge is 2.00. The van der Waals surface area contributed by atoms with Gasteiger partial charge < -0.3 is 0 Å². The Morgan fingerprint density at radius 1 is 1.36 bits per heavy atom. The van der Waals surface area contributed by atoms with E-state index in [1.807, 2.05) is 6.92 Å². The van der Waals surface area contributed by atoms with Crippen molar-refractivity contribution < 1.29 is 10.4 Å². The standard InChI is InChI=1S/C6H9N3O2/c1-2-5-3-7-6(8-4-5)9(10)11/h3-4,10-11H,2H2,1H3. The molecule has 0 fully saturated rings. The Kier molecular flexibility index (Phi) is 2.35. The van der Waals surface area contributed by atoms with Gasteiger partial charge in [-0.05, 0) is 12.0 Å². The second-order valence-corrected chi connectivity index (χ2v) is 2.03. The molecule has 0 saturated carbocycles. The van der Waals surface area contributed by atoms with Crippen LogP contribution in [0, 0.1) is 0 Å². The lowest BCUT2D eigenvalue weighted by Crippen LogP contribution is -2.14. The second-order valence-electron chi connectivity index (χ2n) is 2.03. The summed E-state index contributed by atoms with van der Waals surface area (Å²) in [5.41, 5.74) is 0.954. The summed E-state index contributed by atoms with van der Waals surface area (Å²) in [5.74, 6) is -0.123. The molecule has 5 heteroatoms. The van der Waals surface area contributed by atoms with Gasteiger partial charge in [0.15, 0.2) is 0 Å². The van der Waals surface area contributed by atoms with Gasteiger partial charge in [-0.1, -0.05) is 12.2 Å². The molecule has 0 atom stereocenters. The molecule has 0 bridgehead atoms. The topological polar surface area (TPSA) is 69.5 Å². The maximum absolute atomic E-state index is 8.45. The van der Waals surface area contributed by atoms with Crippen LogP contribution in [0.3, 0.4) is 0 Å². The molecule has 1 aromatic heterocycles. The summed E-state index contributed by atoms with van der Waals surface area (Å²) in [5, 5.41) is 16.8. The molecule has 0 unspecified atom stereocenters. The molecule has 0 aliphatic rings. The van der Waals surface area contributed by atoms with E-state index in [1.54, 1.807) is 12.4 Å². The molecule has 1 heterocycles. The van der Waals surface area contributed by atoms with Crippen molar-refractivity contribution in [3.63, 3.8) is 0 Å². The minimum atomic E-state index is -0.123. The van der Waals surface area contributed by atoms with Crippen LogP contribution in [0.5, 0.6) is 0 Å². The average molecular weight is 155 g/mol. The van der Waals surface area contributed by atoms with Gasteiger partial charge in [0.25, 0.3) is 5.95 Å². The first-order valence-corrected chi connectivity index (χ1v) is 3.23. The Bertz CT molecular complexity index is 222. The molecular weight excluding hydrogens is 146 g/mol. The molecule has 11 heavy (non-hydrogen) atoms. The molecular formula is C6H9N3O2. The van der Waals surface area contributed by atoms with Crippen LogP contribution in [-0.2, 0) is 6.42 Å². The summed E-state index contributed by atoms with van der Waals surface area (Å²) in [6.07, 6.45) is 3.92. The van der Waals surface area contributed by atoms with Crippen LogP contribution in [0.15, 0.2) is 12.4 Å². The van der Waals surface area contributed by atoms with Crippen molar-refractivity contribution in [2.75, 3.05) is 5.23 Å². The predicted molar refractivity (Wildman–Crippen MR) is 37.5 cm³/mol. The van der Waals surface area contributed by atoms with Crippen LogP contribution in [0.4, 0.5) is 5.95 Å². The third-order valence-electron chi connectivity index (χ3n) is 1.28. The van der Waals surface area contributed by atoms with E-state index >= 15 is 0 Å². The lowest BCUT2D eigenvalue weighted by atomic mass is 10.3. The molecule has 0 saturated heterocycles.